The van der Waals surface area contributed by atoms with E-state index >= 15 is 0 Å². The fourth-order valence-electron chi connectivity index (χ4n) is 3.67. The molecule has 0 amide bonds. The maximum absolute atomic E-state index is 5.94. The van der Waals surface area contributed by atoms with Crippen molar-refractivity contribution in [1.29, 1.82) is 0 Å². The van der Waals surface area contributed by atoms with Crippen molar-refractivity contribution in [2.45, 2.75) is 45.0 Å². The van der Waals surface area contributed by atoms with Gasteiger partial charge in [0.2, 0.25) is 5.95 Å². The average molecular weight is 340 g/mol. The van der Waals surface area contributed by atoms with E-state index in [1.807, 2.05) is 18.3 Å². The molecule has 2 saturated heterocycles. The summed E-state index contributed by atoms with van der Waals surface area (Å²) in [6, 6.07) is 3.99. The number of hydrogen-bond donors (Lipinski definition) is 0. The van der Waals surface area contributed by atoms with E-state index in [9.17, 15) is 0 Å². The van der Waals surface area contributed by atoms with Crippen molar-refractivity contribution >= 4 is 5.95 Å². The van der Waals surface area contributed by atoms with Crippen LogP contribution in [0.5, 0.6) is 0 Å². The summed E-state index contributed by atoms with van der Waals surface area (Å²) >= 11 is 0. The fourth-order valence-corrected chi connectivity index (χ4v) is 3.67. The molecule has 132 valence electrons. The second kappa shape index (κ2) is 7.06. The first-order valence-corrected chi connectivity index (χ1v) is 9.00. The van der Waals surface area contributed by atoms with Gasteiger partial charge in [0.05, 0.1) is 17.9 Å². The van der Waals surface area contributed by atoms with Crippen molar-refractivity contribution < 1.29 is 9.47 Å². The van der Waals surface area contributed by atoms with Gasteiger partial charge in [0.1, 0.15) is 6.10 Å². The molecule has 4 rings (SSSR count). The summed E-state index contributed by atoms with van der Waals surface area (Å²) in [7, 11) is 0. The molecule has 0 unspecified atom stereocenters. The highest BCUT2D eigenvalue weighted by molar-refractivity contribution is 5.65. The lowest BCUT2D eigenvalue weighted by Crippen LogP contribution is -2.46. The first-order valence-electron chi connectivity index (χ1n) is 9.00. The molecule has 0 aliphatic carbocycles. The zero-order chi connectivity index (χ0) is 17.2. The largest absolute Gasteiger partial charge is 0.372 e. The lowest BCUT2D eigenvalue weighted by Gasteiger charge is -2.35. The second-order valence-electron chi connectivity index (χ2n) is 6.87. The second-order valence-corrected chi connectivity index (χ2v) is 6.87. The molecule has 0 aromatic carbocycles. The molecule has 3 atom stereocenters. The Balaban J connectivity index is 1.72. The Morgan fingerprint density at radius 3 is 2.56 bits per heavy atom. The van der Waals surface area contributed by atoms with E-state index in [0.29, 0.717) is 0 Å². The summed E-state index contributed by atoms with van der Waals surface area (Å²) < 4.78 is 11.8. The van der Waals surface area contributed by atoms with E-state index in [-0.39, 0.29) is 18.3 Å². The van der Waals surface area contributed by atoms with Crippen LogP contribution in [0.15, 0.2) is 30.7 Å². The molecule has 6 nitrogen and oxygen atoms in total. The van der Waals surface area contributed by atoms with E-state index in [0.717, 1.165) is 55.3 Å². The number of anilines is 1. The van der Waals surface area contributed by atoms with Gasteiger partial charge in [0, 0.05) is 43.9 Å². The van der Waals surface area contributed by atoms with Gasteiger partial charge in [-0.15, -0.1) is 0 Å². The van der Waals surface area contributed by atoms with Gasteiger partial charge in [-0.05, 0) is 44.4 Å². The molecule has 0 N–H and O–H groups in total. The van der Waals surface area contributed by atoms with Crippen LogP contribution in [0.3, 0.4) is 0 Å². The van der Waals surface area contributed by atoms with Crippen LogP contribution in [0, 0.1) is 0 Å². The highest BCUT2D eigenvalue weighted by atomic mass is 16.5. The molecule has 0 saturated carbocycles. The number of hydrogen-bond acceptors (Lipinski definition) is 6. The van der Waals surface area contributed by atoms with Crippen LogP contribution in [0.4, 0.5) is 5.95 Å². The van der Waals surface area contributed by atoms with Crippen molar-refractivity contribution in [3.63, 3.8) is 0 Å². The van der Waals surface area contributed by atoms with E-state index in [4.69, 9.17) is 14.5 Å². The van der Waals surface area contributed by atoms with Crippen molar-refractivity contribution in [3.8, 4) is 11.1 Å². The molecule has 25 heavy (non-hydrogen) atoms. The number of pyridine rings is 1. The quantitative estimate of drug-likeness (QED) is 0.856. The van der Waals surface area contributed by atoms with Crippen molar-refractivity contribution in [1.82, 2.24) is 15.0 Å². The Kier molecular flexibility index (Phi) is 4.63. The molecular formula is C19H24N4O2. The fraction of sp³-hybridized carbons (Fsp3) is 0.526. The number of rotatable bonds is 3. The summed E-state index contributed by atoms with van der Waals surface area (Å²) in [5.74, 6) is 0.769. The molecule has 0 radical (unpaired) electrons. The highest BCUT2D eigenvalue weighted by Gasteiger charge is 2.28. The molecule has 2 fully saturated rings. The minimum absolute atomic E-state index is 0.0424. The van der Waals surface area contributed by atoms with Crippen molar-refractivity contribution in [2.75, 3.05) is 24.6 Å². The van der Waals surface area contributed by atoms with Gasteiger partial charge in [-0.1, -0.05) is 0 Å². The molecule has 0 spiro atoms. The van der Waals surface area contributed by atoms with Gasteiger partial charge in [-0.2, -0.15) is 0 Å². The molecular weight excluding hydrogens is 316 g/mol. The van der Waals surface area contributed by atoms with Crippen LogP contribution in [-0.4, -0.2) is 46.9 Å². The monoisotopic (exact) mass is 340 g/mol. The Bertz CT molecular complexity index is 709. The molecule has 6 heteroatoms. The highest BCUT2D eigenvalue weighted by Crippen LogP contribution is 2.35. The lowest BCUT2D eigenvalue weighted by atomic mass is 10.0. The van der Waals surface area contributed by atoms with Crippen LogP contribution in [0.25, 0.3) is 11.1 Å². The predicted molar refractivity (Wildman–Crippen MR) is 95.4 cm³/mol. The first-order chi connectivity index (χ1) is 12.2. The Hall–Kier alpha value is -2.05. The summed E-state index contributed by atoms with van der Waals surface area (Å²) in [5, 5.41) is 0. The van der Waals surface area contributed by atoms with E-state index in [1.54, 1.807) is 12.4 Å². The molecule has 2 aromatic rings. The molecule has 4 heterocycles. The maximum Gasteiger partial charge on any atom is 0.225 e. The third-order valence-corrected chi connectivity index (χ3v) is 4.73. The predicted octanol–water partition coefficient (Wildman–Crippen LogP) is 3.00. The van der Waals surface area contributed by atoms with Crippen LogP contribution >= 0.6 is 0 Å². The van der Waals surface area contributed by atoms with Gasteiger partial charge in [0.25, 0.3) is 0 Å². The SMILES string of the molecule is C[C@@H]1CN(c2ncc(-c3ccncc3)c([C@H]3CCCO3)n2)C[C@H](C)O1. The standard InChI is InChI=1S/C19H24N4O2/c1-13-11-23(12-14(2)25-13)19-21-10-16(15-5-7-20-8-6-15)18(22-19)17-4-3-9-24-17/h5-8,10,13-14,17H,3-4,9,11-12H2,1-2H3/t13-,14+,17-/m1/s1. The van der Waals surface area contributed by atoms with Crippen LogP contribution in [0.1, 0.15) is 38.5 Å². The zero-order valence-corrected chi connectivity index (χ0v) is 14.8. The normalized spacial score (nSPS) is 26.8. The summed E-state index contributed by atoms with van der Waals surface area (Å²) in [6.07, 6.45) is 8.01. The average Bonchev–Trinajstić information content (AvgIpc) is 3.16. The topological polar surface area (TPSA) is 60.4 Å². The zero-order valence-electron chi connectivity index (χ0n) is 14.8. The van der Waals surface area contributed by atoms with Gasteiger partial charge in [0.15, 0.2) is 0 Å². The van der Waals surface area contributed by atoms with Gasteiger partial charge >= 0.3 is 0 Å². The Morgan fingerprint density at radius 2 is 1.88 bits per heavy atom. The Morgan fingerprint density at radius 1 is 1.12 bits per heavy atom. The minimum atomic E-state index is 0.0424. The number of ether oxygens (including phenoxy) is 2. The molecule has 2 aliphatic heterocycles. The smallest absolute Gasteiger partial charge is 0.225 e. The maximum atomic E-state index is 5.94. The lowest BCUT2D eigenvalue weighted by molar-refractivity contribution is -0.00576. The van der Waals surface area contributed by atoms with Gasteiger partial charge in [-0.25, -0.2) is 9.97 Å². The molecule has 2 aliphatic rings. The molecule has 2 aromatic heterocycles. The molecule has 0 bridgehead atoms. The summed E-state index contributed by atoms with van der Waals surface area (Å²) in [6.45, 7) is 6.60. The van der Waals surface area contributed by atoms with Crippen molar-refractivity contribution in [2.24, 2.45) is 0 Å². The summed E-state index contributed by atoms with van der Waals surface area (Å²) in [4.78, 5) is 15.9. The van der Waals surface area contributed by atoms with Gasteiger partial charge in [-0.3, -0.25) is 4.98 Å². The van der Waals surface area contributed by atoms with Crippen LogP contribution < -0.4 is 4.90 Å². The van der Waals surface area contributed by atoms with Crippen LogP contribution in [0.2, 0.25) is 0 Å². The minimum Gasteiger partial charge on any atom is -0.372 e. The first kappa shape index (κ1) is 16.4. The third-order valence-electron chi connectivity index (χ3n) is 4.73. The van der Waals surface area contributed by atoms with E-state index < -0.39 is 0 Å². The Labute approximate surface area is 148 Å². The number of morpholine rings is 1. The third kappa shape index (κ3) is 3.50. The van der Waals surface area contributed by atoms with E-state index in [1.165, 1.54) is 0 Å². The van der Waals surface area contributed by atoms with Crippen molar-refractivity contribution in [3.05, 3.63) is 36.4 Å². The number of aromatic nitrogens is 3. The number of nitrogens with zero attached hydrogens (tertiary/aromatic N) is 4. The van der Waals surface area contributed by atoms with E-state index in [2.05, 4.69) is 28.7 Å². The van der Waals surface area contributed by atoms with Crippen LogP contribution in [-0.2, 0) is 9.47 Å². The van der Waals surface area contributed by atoms with Gasteiger partial charge < -0.3 is 14.4 Å². The summed E-state index contributed by atoms with van der Waals surface area (Å²) in [5.41, 5.74) is 3.10.